The number of aryl methyl sites for hydroxylation is 2. The molecule has 0 radical (unpaired) electrons. The fourth-order valence-electron chi connectivity index (χ4n) is 3.06. The van der Waals surface area contributed by atoms with Crippen LogP contribution in [0, 0.1) is 13.8 Å². The topological polar surface area (TPSA) is 84.9 Å². The molecule has 0 aliphatic heterocycles. The SMILES string of the molecule is Cc1ccc(C(=O)Oc2ccc(C(O)CNC(C)C)cc2OC(=O)c2ccc(C)cc2)cc1. The molecular weight excluding hydrogens is 418 g/mol. The largest absolute Gasteiger partial charge is 0.419 e. The highest BCUT2D eigenvalue weighted by atomic mass is 16.6. The van der Waals surface area contributed by atoms with Crippen molar-refractivity contribution in [3.8, 4) is 11.5 Å². The molecule has 3 rings (SSSR count). The summed E-state index contributed by atoms with van der Waals surface area (Å²) in [6, 6.07) is 18.8. The minimum Gasteiger partial charge on any atom is -0.419 e. The van der Waals surface area contributed by atoms with Gasteiger partial charge >= 0.3 is 11.9 Å². The average Bonchev–Trinajstić information content (AvgIpc) is 2.79. The van der Waals surface area contributed by atoms with Gasteiger partial charge in [0.05, 0.1) is 17.2 Å². The molecule has 0 aliphatic rings. The van der Waals surface area contributed by atoms with E-state index in [4.69, 9.17) is 9.47 Å². The predicted molar refractivity (Wildman–Crippen MR) is 127 cm³/mol. The fourth-order valence-corrected chi connectivity index (χ4v) is 3.06. The lowest BCUT2D eigenvalue weighted by Gasteiger charge is -2.17. The molecule has 0 aliphatic carbocycles. The molecule has 0 saturated heterocycles. The Bertz CT molecular complexity index is 1100. The molecule has 0 amide bonds. The Morgan fingerprint density at radius 1 is 0.788 bits per heavy atom. The van der Waals surface area contributed by atoms with Crippen LogP contribution in [0.5, 0.6) is 11.5 Å². The van der Waals surface area contributed by atoms with Gasteiger partial charge < -0.3 is 19.9 Å². The molecule has 2 N–H and O–H groups in total. The van der Waals surface area contributed by atoms with Crippen molar-refractivity contribution < 1.29 is 24.2 Å². The van der Waals surface area contributed by atoms with E-state index in [1.165, 1.54) is 12.1 Å². The smallest absolute Gasteiger partial charge is 0.343 e. The Balaban J connectivity index is 1.88. The van der Waals surface area contributed by atoms with Crippen molar-refractivity contribution in [3.05, 3.63) is 94.5 Å². The first-order valence-electron chi connectivity index (χ1n) is 10.9. The van der Waals surface area contributed by atoms with Gasteiger partial charge in [-0.05, 0) is 55.8 Å². The molecule has 172 valence electrons. The van der Waals surface area contributed by atoms with Crippen LogP contribution in [0.4, 0.5) is 0 Å². The van der Waals surface area contributed by atoms with Gasteiger partial charge in [-0.1, -0.05) is 55.3 Å². The minimum atomic E-state index is -0.828. The van der Waals surface area contributed by atoms with Crippen molar-refractivity contribution in [1.29, 1.82) is 0 Å². The predicted octanol–water partition coefficient (Wildman–Crippen LogP) is 4.77. The molecule has 3 aromatic carbocycles. The Morgan fingerprint density at radius 3 is 1.76 bits per heavy atom. The summed E-state index contributed by atoms with van der Waals surface area (Å²) in [6.07, 6.45) is -0.828. The van der Waals surface area contributed by atoms with Crippen LogP contribution in [0.2, 0.25) is 0 Å². The molecule has 6 nitrogen and oxygen atoms in total. The first-order valence-corrected chi connectivity index (χ1v) is 10.9. The van der Waals surface area contributed by atoms with E-state index in [2.05, 4.69) is 5.32 Å². The summed E-state index contributed by atoms with van der Waals surface area (Å²) < 4.78 is 11.1. The lowest BCUT2D eigenvalue weighted by molar-refractivity contribution is 0.0681. The van der Waals surface area contributed by atoms with E-state index < -0.39 is 18.0 Å². The van der Waals surface area contributed by atoms with Crippen LogP contribution in [0.25, 0.3) is 0 Å². The van der Waals surface area contributed by atoms with Crippen LogP contribution in [-0.2, 0) is 0 Å². The molecule has 3 aromatic rings. The Morgan fingerprint density at radius 2 is 1.27 bits per heavy atom. The van der Waals surface area contributed by atoms with E-state index in [0.717, 1.165) is 11.1 Å². The van der Waals surface area contributed by atoms with Gasteiger partial charge in [0, 0.05) is 12.6 Å². The molecule has 0 saturated carbocycles. The number of esters is 2. The summed E-state index contributed by atoms with van der Waals surface area (Å²) in [6.45, 7) is 8.14. The number of ether oxygens (including phenoxy) is 2. The lowest BCUT2D eigenvalue weighted by Crippen LogP contribution is -2.27. The number of aliphatic hydroxyl groups is 1. The summed E-state index contributed by atoms with van der Waals surface area (Å²) in [7, 11) is 0. The van der Waals surface area contributed by atoms with Crippen LogP contribution >= 0.6 is 0 Å². The molecule has 0 spiro atoms. The summed E-state index contributed by atoms with van der Waals surface area (Å²) in [5, 5.41) is 13.7. The highest BCUT2D eigenvalue weighted by Crippen LogP contribution is 2.32. The van der Waals surface area contributed by atoms with Gasteiger partial charge in [-0.15, -0.1) is 0 Å². The molecule has 33 heavy (non-hydrogen) atoms. The number of nitrogens with one attached hydrogen (secondary N) is 1. The van der Waals surface area contributed by atoms with Crippen molar-refractivity contribution in [2.45, 2.75) is 39.8 Å². The van der Waals surface area contributed by atoms with Gasteiger partial charge in [-0.25, -0.2) is 9.59 Å². The van der Waals surface area contributed by atoms with E-state index in [9.17, 15) is 14.7 Å². The molecule has 0 aromatic heterocycles. The van der Waals surface area contributed by atoms with Crippen molar-refractivity contribution in [2.75, 3.05) is 6.54 Å². The highest BCUT2D eigenvalue weighted by Gasteiger charge is 2.19. The molecule has 0 bridgehead atoms. The second-order valence-electron chi connectivity index (χ2n) is 8.30. The Hall–Kier alpha value is -3.48. The maximum Gasteiger partial charge on any atom is 0.343 e. The number of hydrogen-bond donors (Lipinski definition) is 2. The number of rotatable bonds is 8. The molecular formula is C27H29NO5. The van der Waals surface area contributed by atoms with Crippen molar-refractivity contribution in [2.24, 2.45) is 0 Å². The number of benzene rings is 3. The van der Waals surface area contributed by atoms with E-state index in [-0.39, 0.29) is 17.5 Å². The molecule has 0 fully saturated rings. The van der Waals surface area contributed by atoms with Gasteiger partial charge in [0.2, 0.25) is 0 Å². The lowest BCUT2D eigenvalue weighted by atomic mass is 10.1. The summed E-state index contributed by atoms with van der Waals surface area (Å²) in [5.41, 5.74) is 3.31. The Labute approximate surface area is 194 Å². The maximum atomic E-state index is 12.7. The van der Waals surface area contributed by atoms with E-state index in [0.29, 0.717) is 23.2 Å². The summed E-state index contributed by atoms with van der Waals surface area (Å²) >= 11 is 0. The first-order chi connectivity index (χ1) is 15.7. The second-order valence-corrected chi connectivity index (χ2v) is 8.30. The number of aliphatic hydroxyl groups excluding tert-OH is 1. The summed E-state index contributed by atoms with van der Waals surface area (Å²) in [5.74, 6) is -1.01. The third-order valence-corrected chi connectivity index (χ3v) is 5.05. The highest BCUT2D eigenvalue weighted by molar-refractivity contribution is 5.93. The van der Waals surface area contributed by atoms with Crippen LogP contribution < -0.4 is 14.8 Å². The summed E-state index contributed by atoms with van der Waals surface area (Å²) in [4.78, 5) is 25.4. The first kappa shape index (κ1) is 24.2. The minimum absolute atomic E-state index is 0.0575. The van der Waals surface area contributed by atoms with Gasteiger partial charge in [0.1, 0.15) is 0 Å². The van der Waals surface area contributed by atoms with Crippen LogP contribution in [-0.4, -0.2) is 29.6 Å². The standard InChI is InChI=1S/C27H29NO5/c1-17(2)28-16-23(29)22-13-14-24(32-26(30)20-9-5-18(3)6-10-20)25(15-22)33-27(31)21-11-7-19(4)8-12-21/h5-15,17,23,28-29H,16H2,1-4H3. The third-order valence-electron chi connectivity index (χ3n) is 5.05. The van der Waals surface area contributed by atoms with E-state index in [1.54, 1.807) is 30.3 Å². The van der Waals surface area contributed by atoms with Crippen LogP contribution in [0.1, 0.15) is 57.4 Å². The molecule has 1 atom stereocenters. The van der Waals surface area contributed by atoms with E-state index in [1.807, 2.05) is 52.0 Å². The van der Waals surface area contributed by atoms with Gasteiger partial charge in [0.25, 0.3) is 0 Å². The molecule has 0 heterocycles. The molecule has 6 heteroatoms. The Kier molecular flexibility index (Phi) is 7.98. The average molecular weight is 448 g/mol. The number of carbonyl (C=O) groups excluding carboxylic acids is 2. The zero-order valence-electron chi connectivity index (χ0n) is 19.3. The fraction of sp³-hybridized carbons (Fsp3) is 0.259. The monoisotopic (exact) mass is 447 g/mol. The second kappa shape index (κ2) is 10.9. The maximum absolute atomic E-state index is 12.7. The zero-order chi connectivity index (χ0) is 24.0. The van der Waals surface area contributed by atoms with Crippen LogP contribution in [0.15, 0.2) is 66.7 Å². The third kappa shape index (κ3) is 6.75. The normalized spacial score (nSPS) is 11.8. The van der Waals surface area contributed by atoms with E-state index >= 15 is 0 Å². The zero-order valence-corrected chi connectivity index (χ0v) is 19.3. The van der Waals surface area contributed by atoms with Crippen molar-refractivity contribution >= 4 is 11.9 Å². The quantitative estimate of drug-likeness (QED) is 0.382. The number of carbonyl (C=O) groups is 2. The number of hydrogen-bond acceptors (Lipinski definition) is 6. The van der Waals surface area contributed by atoms with Crippen LogP contribution in [0.3, 0.4) is 0 Å². The van der Waals surface area contributed by atoms with Gasteiger partial charge in [-0.2, -0.15) is 0 Å². The van der Waals surface area contributed by atoms with Crippen molar-refractivity contribution in [1.82, 2.24) is 5.32 Å². The van der Waals surface area contributed by atoms with Crippen molar-refractivity contribution in [3.63, 3.8) is 0 Å². The van der Waals surface area contributed by atoms with Gasteiger partial charge in [0.15, 0.2) is 11.5 Å². The van der Waals surface area contributed by atoms with Gasteiger partial charge in [-0.3, -0.25) is 0 Å². The molecule has 1 unspecified atom stereocenters.